The Kier molecular flexibility index (Phi) is 3.51. The summed E-state index contributed by atoms with van der Waals surface area (Å²) >= 11 is 5.98. The molecule has 17 heavy (non-hydrogen) atoms. The van der Waals surface area contributed by atoms with E-state index in [0.717, 1.165) is 18.0 Å². The summed E-state index contributed by atoms with van der Waals surface area (Å²) in [6.07, 6.45) is 2.04. The van der Waals surface area contributed by atoms with Crippen LogP contribution in [0.25, 0.3) is 0 Å². The van der Waals surface area contributed by atoms with Crippen molar-refractivity contribution in [3.63, 3.8) is 0 Å². The van der Waals surface area contributed by atoms with Gasteiger partial charge < -0.3 is 10.5 Å². The van der Waals surface area contributed by atoms with Gasteiger partial charge in [-0.25, -0.2) is 14.4 Å². The fraction of sp³-hybridized carbons (Fsp3) is 0.0909. The van der Waals surface area contributed by atoms with Crippen LogP contribution >= 0.6 is 11.6 Å². The first-order chi connectivity index (χ1) is 8.19. The molecule has 0 aliphatic carbocycles. The van der Waals surface area contributed by atoms with Crippen LogP contribution in [-0.2, 0) is 6.54 Å². The third-order valence-electron chi connectivity index (χ3n) is 2.03. The summed E-state index contributed by atoms with van der Waals surface area (Å²) in [4.78, 5) is 7.33. The van der Waals surface area contributed by atoms with Gasteiger partial charge in [0.15, 0.2) is 5.82 Å². The smallest absolute Gasteiger partial charge is 0.322 e. The highest BCUT2D eigenvalue weighted by atomic mass is 35.5. The molecule has 0 saturated heterocycles. The minimum atomic E-state index is -0.526. The number of rotatable bonds is 3. The number of hydrogen-bond acceptors (Lipinski definition) is 4. The van der Waals surface area contributed by atoms with Gasteiger partial charge in [0.1, 0.15) is 5.75 Å². The van der Waals surface area contributed by atoms with Crippen molar-refractivity contribution in [2.24, 2.45) is 5.73 Å². The first-order valence-electron chi connectivity index (χ1n) is 4.83. The number of ether oxygens (including phenoxy) is 1. The van der Waals surface area contributed by atoms with Gasteiger partial charge in [-0.1, -0.05) is 17.7 Å². The maximum absolute atomic E-state index is 12.6. The SMILES string of the molecule is NCc1ccc(Oc2ncc(F)cn2)c(Cl)c1. The second-order valence-electron chi connectivity index (χ2n) is 3.25. The van der Waals surface area contributed by atoms with Gasteiger partial charge in [-0.2, -0.15) is 0 Å². The van der Waals surface area contributed by atoms with Crippen molar-refractivity contribution in [3.05, 3.63) is 47.0 Å². The van der Waals surface area contributed by atoms with Crippen molar-refractivity contribution in [2.45, 2.75) is 6.54 Å². The van der Waals surface area contributed by atoms with E-state index < -0.39 is 5.82 Å². The van der Waals surface area contributed by atoms with Gasteiger partial charge in [0.05, 0.1) is 17.4 Å². The number of nitrogens with two attached hydrogens (primary N) is 1. The molecule has 2 rings (SSSR count). The molecule has 0 amide bonds. The molecular weight excluding hydrogens is 245 g/mol. The molecule has 0 spiro atoms. The van der Waals surface area contributed by atoms with E-state index in [1.54, 1.807) is 18.2 Å². The molecule has 88 valence electrons. The fourth-order valence-electron chi connectivity index (χ4n) is 1.21. The summed E-state index contributed by atoms with van der Waals surface area (Å²) in [5.74, 6) is -0.127. The average Bonchev–Trinajstić information content (AvgIpc) is 2.34. The lowest BCUT2D eigenvalue weighted by molar-refractivity contribution is 0.436. The number of benzene rings is 1. The monoisotopic (exact) mass is 253 g/mol. The topological polar surface area (TPSA) is 61.0 Å². The second kappa shape index (κ2) is 5.07. The van der Waals surface area contributed by atoms with Crippen molar-refractivity contribution in [1.82, 2.24) is 9.97 Å². The normalized spacial score (nSPS) is 10.3. The Labute approximate surface area is 102 Å². The van der Waals surface area contributed by atoms with Crippen molar-refractivity contribution in [3.8, 4) is 11.8 Å². The zero-order valence-electron chi connectivity index (χ0n) is 8.73. The Morgan fingerprint density at radius 3 is 2.59 bits per heavy atom. The van der Waals surface area contributed by atoms with E-state index in [0.29, 0.717) is 17.3 Å². The molecule has 2 aromatic rings. The van der Waals surface area contributed by atoms with Crippen LogP contribution in [0.4, 0.5) is 4.39 Å². The van der Waals surface area contributed by atoms with Crippen LogP contribution in [0, 0.1) is 5.82 Å². The molecule has 0 fully saturated rings. The lowest BCUT2D eigenvalue weighted by atomic mass is 10.2. The molecule has 0 atom stereocenters. The van der Waals surface area contributed by atoms with Gasteiger partial charge in [0, 0.05) is 6.54 Å². The molecule has 1 heterocycles. The first kappa shape index (κ1) is 11.8. The van der Waals surface area contributed by atoms with Crippen molar-refractivity contribution in [1.29, 1.82) is 0 Å². The van der Waals surface area contributed by atoms with Gasteiger partial charge in [-0.3, -0.25) is 0 Å². The summed E-state index contributed by atoms with van der Waals surface area (Å²) < 4.78 is 17.9. The minimum Gasteiger partial charge on any atom is -0.423 e. The van der Waals surface area contributed by atoms with E-state index in [1.807, 2.05) is 0 Å². The number of halogens is 2. The van der Waals surface area contributed by atoms with Crippen molar-refractivity contribution < 1.29 is 9.13 Å². The predicted molar refractivity (Wildman–Crippen MR) is 61.4 cm³/mol. The summed E-state index contributed by atoms with van der Waals surface area (Å²) in [6.45, 7) is 0.396. The van der Waals surface area contributed by atoms with Crippen LogP contribution in [-0.4, -0.2) is 9.97 Å². The van der Waals surface area contributed by atoms with E-state index in [2.05, 4.69) is 9.97 Å². The molecule has 0 bridgehead atoms. The third kappa shape index (κ3) is 2.89. The van der Waals surface area contributed by atoms with Gasteiger partial charge >= 0.3 is 6.01 Å². The molecule has 0 aliphatic rings. The van der Waals surface area contributed by atoms with E-state index in [1.165, 1.54) is 0 Å². The molecule has 2 N–H and O–H groups in total. The van der Waals surface area contributed by atoms with Crippen LogP contribution < -0.4 is 10.5 Å². The summed E-state index contributed by atoms with van der Waals surface area (Å²) in [6, 6.07) is 5.18. The van der Waals surface area contributed by atoms with Crippen LogP contribution in [0.5, 0.6) is 11.8 Å². The quantitative estimate of drug-likeness (QED) is 0.913. The van der Waals surface area contributed by atoms with E-state index in [9.17, 15) is 4.39 Å². The number of aromatic nitrogens is 2. The maximum Gasteiger partial charge on any atom is 0.322 e. The summed E-state index contributed by atoms with van der Waals surface area (Å²) in [5.41, 5.74) is 6.36. The molecule has 0 saturated carbocycles. The van der Waals surface area contributed by atoms with Crippen molar-refractivity contribution >= 4 is 11.6 Å². The van der Waals surface area contributed by atoms with Crippen LogP contribution in [0.1, 0.15) is 5.56 Å². The maximum atomic E-state index is 12.6. The van der Waals surface area contributed by atoms with Crippen LogP contribution in [0.2, 0.25) is 5.02 Å². The summed E-state index contributed by atoms with van der Waals surface area (Å²) in [7, 11) is 0. The predicted octanol–water partition coefficient (Wildman–Crippen LogP) is 2.52. The second-order valence-corrected chi connectivity index (χ2v) is 3.66. The highest BCUT2D eigenvalue weighted by molar-refractivity contribution is 6.32. The Morgan fingerprint density at radius 1 is 1.29 bits per heavy atom. The molecular formula is C11H9ClFN3O. The van der Waals surface area contributed by atoms with E-state index in [4.69, 9.17) is 22.1 Å². The van der Waals surface area contributed by atoms with Crippen LogP contribution in [0.15, 0.2) is 30.6 Å². The Hall–Kier alpha value is -1.72. The number of hydrogen-bond donors (Lipinski definition) is 1. The third-order valence-corrected chi connectivity index (χ3v) is 2.33. The summed E-state index contributed by atoms with van der Waals surface area (Å²) in [5, 5.41) is 0.404. The molecule has 0 aliphatic heterocycles. The molecule has 1 aromatic carbocycles. The molecule has 1 aromatic heterocycles. The standard InChI is InChI=1S/C11H9ClFN3O/c12-9-3-7(4-14)1-2-10(9)17-11-15-5-8(13)6-16-11/h1-3,5-6H,4,14H2. The lowest BCUT2D eigenvalue weighted by Crippen LogP contribution is -1.97. The largest absolute Gasteiger partial charge is 0.423 e. The van der Waals surface area contributed by atoms with Gasteiger partial charge in [-0.05, 0) is 17.7 Å². The van der Waals surface area contributed by atoms with E-state index >= 15 is 0 Å². The van der Waals surface area contributed by atoms with Crippen LogP contribution in [0.3, 0.4) is 0 Å². The van der Waals surface area contributed by atoms with Gasteiger partial charge in [0.25, 0.3) is 0 Å². The Balaban J connectivity index is 2.21. The highest BCUT2D eigenvalue weighted by Crippen LogP contribution is 2.28. The minimum absolute atomic E-state index is 0.0359. The van der Waals surface area contributed by atoms with E-state index in [-0.39, 0.29) is 6.01 Å². The zero-order valence-corrected chi connectivity index (χ0v) is 9.49. The average molecular weight is 254 g/mol. The molecule has 0 unspecified atom stereocenters. The van der Waals surface area contributed by atoms with Gasteiger partial charge in [-0.15, -0.1) is 0 Å². The molecule has 6 heteroatoms. The lowest BCUT2D eigenvalue weighted by Gasteiger charge is -2.06. The Morgan fingerprint density at radius 2 is 2.00 bits per heavy atom. The fourth-order valence-corrected chi connectivity index (χ4v) is 1.45. The highest BCUT2D eigenvalue weighted by Gasteiger charge is 2.06. The Bertz CT molecular complexity index is 519. The molecule has 0 radical (unpaired) electrons. The van der Waals surface area contributed by atoms with Gasteiger partial charge in [0.2, 0.25) is 0 Å². The van der Waals surface area contributed by atoms with Crippen molar-refractivity contribution in [2.75, 3.05) is 0 Å². The zero-order chi connectivity index (χ0) is 12.3. The number of nitrogens with zero attached hydrogens (tertiary/aromatic N) is 2. The molecule has 4 nitrogen and oxygen atoms in total. The first-order valence-corrected chi connectivity index (χ1v) is 5.20.